The highest BCUT2D eigenvalue weighted by molar-refractivity contribution is 5.94. The maximum atomic E-state index is 11.7. The molecular formula is C21H23N3O3. The summed E-state index contributed by atoms with van der Waals surface area (Å²) in [5.41, 5.74) is 4.67. The van der Waals surface area contributed by atoms with E-state index in [1.807, 2.05) is 41.8 Å². The first-order valence-electron chi connectivity index (χ1n) is 9.28. The Bertz CT molecular complexity index is 981. The normalized spacial score (nSPS) is 16.5. The van der Waals surface area contributed by atoms with Gasteiger partial charge in [-0.1, -0.05) is 30.3 Å². The lowest BCUT2D eigenvalue weighted by Gasteiger charge is -2.33. The van der Waals surface area contributed by atoms with Crippen LogP contribution in [0, 0.1) is 0 Å². The molecule has 0 saturated carbocycles. The molecule has 0 aliphatic carbocycles. The molecule has 4 rings (SSSR count). The highest BCUT2D eigenvalue weighted by atomic mass is 16.4. The third-order valence-electron chi connectivity index (χ3n) is 5.33. The van der Waals surface area contributed by atoms with Gasteiger partial charge in [0.1, 0.15) is 5.82 Å². The quantitative estimate of drug-likeness (QED) is 0.742. The summed E-state index contributed by atoms with van der Waals surface area (Å²) in [6.07, 6.45) is 1.32. The molecule has 0 bridgehead atoms. The van der Waals surface area contributed by atoms with Crippen LogP contribution in [0.1, 0.15) is 30.3 Å². The second-order valence-corrected chi connectivity index (χ2v) is 7.04. The molecule has 3 aromatic rings. The van der Waals surface area contributed by atoms with Gasteiger partial charge < -0.3 is 14.8 Å². The van der Waals surface area contributed by atoms with Crippen molar-refractivity contribution in [3.05, 3.63) is 59.4 Å². The summed E-state index contributed by atoms with van der Waals surface area (Å²) >= 11 is 0. The topological polar surface area (TPSA) is 78.6 Å². The van der Waals surface area contributed by atoms with E-state index < -0.39 is 6.09 Å². The van der Waals surface area contributed by atoms with Gasteiger partial charge in [-0.25, -0.2) is 9.78 Å². The van der Waals surface area contributed by atoms with Crippen molar-refractivity contribution in [2.45, 2.75) is 38.8 Å². The van der Waals surface area contributed by atoms with E-state index >= 15 is 0 Å². The Balaban J connectivity index is 1.86. The summed E-state index contributed by atoms with van der Waals surface area (Å²) < 4.78 is 2.05. The predicted octanol–water partition coefficient (Wildman–Crippen LogP) is 3.44. The molecule has 1 aliphatic rings. The maximum absolute atomic E-state index is 11.7. The van der Waals surface area contributed by atoms with Crippen molar-refractivity contribution in [1.29, 1.82) is 0 Å². The van der Waals surface area contributed by atoms with Gasteiger partial charge in [-0.3, -0.25) is 4.90 Å². The number of hydrogen-bond acceptors (Lipinski definition) is 3. The Kier molecular flexibility index (Phi) is 4.58. The number of anilines is 1. The van der Waals surface area contributed by atoms with Crippen molar-refractivity contribution in [2.24, 2.45) is 0 Å². The van der Waals surface area contributed by atoms with Crippen LogP contribution in [0.4, 0.5) is 10.5 Å². The molecule has 2 aromatic carbocycles. The molecule has 0 fully saturated rings. The minimum Gasteiger partial charge on any atom is -0.465 e. The van der Waals surface area contributed by atoms with Crippen LogP contribution in [-0.4, -0.2) is 38.5 Å². The molecule has 1 amide bonds. The number of benzene rings is 2. The van der Waals surface area contributed by atoms with Crippen molar-refractivity contribution in [3.8, 4) is 0 Å². The highest BCUT2D eigenvalue weighted by Crippen LogP contribution is 2.36. The number of aliphatic hydroxyl groups is 1. The van der Waals surface area contributed by atoms with Gasteiger partial charge in [-0.05, 0) is 37.5 Å². The second kappa shape index (κ2) is 7.04. The van der Waals surface area contributed by atoms with Crippen LogP contribution in [0.5, 0.6) is 0 Å². The van der Waals surface area contributed by atoms with E-state index in [0.29, 0.717) is 13.0 Å². The minimum absolute atomic E-state index is 0.0304. The number of carboxylic acid groups (broad SMARTS) is 1. The van der Waals surface area contributed by atoms with Crippen LogP contribution < -0.4 is 4.90 Å². The summed E-state index contributed by atoms with van der Waals surface area (Å²) in [5, 5.41) is 19.2. The molecular weight excluding hydrogens is 342 g/mol. The molecule has 1 unspecified atom stereocenters. The molecule has 1 atom stereocenters. The summed E-state index contributed by atoms with van der Waals surface area (Å²) in [5.74, 6) is 0.888. The van der Waals surface area contributed by atoms with Gasteiger partial charge >= 0.3 is 6.09 Å². The van der Waals surface area contributed by atoms with Gasteiger partial charge in [0.25, 0.3) is 0 Å². The number of carbonyl (C=O) groups is 1. The zero-order valence-corrected chi connectivity index (χ0v) is 15.3. The average Bonchev–Trinajstić information content (AvgIpc) is 3.00. The molecule has 27 heavy (non-hydrogen) atoms. The summed E-state index contributed by atoms with van der Waals surface area (Å²) in [6.45, 7) is 2.44. The van der Waals surface area contributed by atoms with Gasteiger partial charge in [0, 0.05) is 24.6 Å². The predicted molar refractivity (Wildman–Crippen MR) is 104 cm³/mol. The van der Waals surface area contributed by atoms with Crippen LogP contribution in [0.2, 0.25) is 0 Å². The highest BCUT2D eigenvalue weighted by Gasteiger charge is 2.30. The van der Waals surface area contributed by atoms with Gasteiger partial charge in [-0.15, -0.1) is 0 Å². The number of hydrogen-bond donors (Lipinski definition) is 2. The molecule has 2 N–H and O–H groups in total. The molecule has 0 saturated heterocycles. The monoisotopic (exact) mass is 365 g/mol. The summed E-state index contributed by atoms with van der Waals surface area (Å²) in [7, 11) is 0. The van der Waals surface area contributed by atoms with E-state index in [9.17, 15) is 15.0 Å². The fourth-order valence-corrected chi connectivity index (χ4v) is 4.03. The van der Waals surface area contributed by atoms with Crippen molar-refractivity contribution in [2.75, 3.05) is 11.5 Å². The Labute approximate surface area is 157 Å². The summed E-state index contributed by atoms with van der Waals surface area (Å²) in [4.78, 5) is 18.1. The van der Waals surface area contributed by atoms with E-state index in [4.69, 9.17) is 4.98 Å². The molecule has 1 aliphatic heterocycles. The van der Waals surface area contributed by atoms with Crippen molar-refractivity contribution >= 4 is 22.8 Å². The standard InChI is InChI=1S/C21H23N3O3/c1-14-7-8-16-17(24(14)21(26)27)9-10-18-20(16)22-19(23(18)11-12-25)13-15-5-3-2-4-6-15/h2-6,9-10,14,25H,7-8,11-13H2,1H3,(H,26,27). The molecule has 0 spiro atoms. The number of aryl methyl sites for hydroxylation is 1. The zero-order chi connectivity index (χ0) is 19.0. The number of nitrogens with zero attached hydrogens (tertiary/aromatic N) is 3. The number of amides is 1. The molecule has 6 heteroatoms. The lowest BCUT2D eigenvalue weighted by molar-refractivity contribution is 0.198. The van der Waals surface area contributed by atoms with Crippen molar-refractivity contribution in [1.82, 2.24) is 9.55 Å². The van der Waals surface area contributed by atoms with E-state index in [2.05, 4.69) is 12.1 Å². The largest absolute Gasteiger partial charge is 0.465 e. The Hall–Kier alpha value is -2.86. The van der Waals surface area contributed by atoms with Crippen LogP contribution in [0.25, 0.3) is 11.0 Å². The first-order chi connectivity index (χ1) is 13.1. The first kappa shape index (κ1) is 17.5. The Morgan fingerprint density at radius 3 is 2.70 bits per heavy atom. The summed E-state index contributed by atoms with van der Waals surface area (Å²) in [6, 6.07) is 13.9. The average molecular weight is 365 g/mol. The smallest absolute Gasteiger partial charge is 0.412 e. The van der Waals surface area contributed by atoms with E-state index in [-0.39, 0.29) is 12.6 Å². The Morgan fingerprint density at radius 1 is 1.22 bits per heavy atom. The third kappa shape index (κ3) is 3.06. The number of aromatic nitrogens is 2. The fourth-order valence-electron chi connectivity index (χ4n) is 4.03. The van der Waals surface area contributed by atoms with Gasteiger partial charge in [-0.2, -0.15) is 0 Å². The molecule has 2 heterocycles. The van der Waals surface area contributed by atoms with Crippen LogP contribution in [0.15, 0.2) is 42.5 Å². The van der Waals surface area contributed by atoms with Gasteiger partial charge in [0.15, 0.2) is 0 Å². The second-order valence-electron chi connectivity index (χ2n) is 7.04. The molecule has 1 aromatic heterocycles. The molecule has 6 nitrogen and oxygen atoms in total. The number of imidazole rings is 1. The van der Waals surface area contributed by atoms with Gasteiger partial charge in [0.2, 0.25) is 0 Å². The van der Waals surface area contributed by atoms with Gasteiger partial charge in [0.05, 0.1) is 23.3 Å². The Morgan fingerprint density at radius 2 is 2.00 bits per heavy atom. The van der Waals surface area contributed by atoms with Crippen LogP contribution in [0.3, 0.4) is 0 Å². The fraction of sp³-hybridized carbons (Fsp3) is 0.333. The zero-order valence-electron chi connectivity index (χ0n) is 15.3. The van der Waals surface area contributed by atoms with Crippen LogP contribution >= 0.6 is 0 Å². The van der Waals surface area contributed by atoms with E-state index in [1.165, 1.54) is 4.90 Å². The van der Waals surface area contributed by atoms with E-state index in [0.717, 1.165) is 46.5 Å². The number of fused-ring (bicyclic) bond motifs is 3. The maximum Gasteiger partial charge on any atom is 0.412 e. The minimum atomic E-state index is -0.929. The van der Waals surface area contributed by atoms with Crippen molar-refractivity contribution in [3.63, 3.8) is 0 Å². The van der Waals surface area contributed by atoms with Crippen molar-refractivity contribution < 1.29 is 15.0 Å². The van der Waals surface area contributed by atoms with Crippen LogP contribution in [-0.2, 0) is 19.4 Å². The number of aliphatic hydroxyl groups excluding tert-OH is 1. The van der Waals surface area contributed by atoms with E-state index in [1.54, 1.807) is 0 Å². The third-order valence-corrected chi connectivity index (χ3v) is 5.33. The molecule has 140 valence electrons. The number of rotatable bonds is 4. The lowest BCUT2D eigenvalue weighted by atomic mass is 9.96. The molecule has 0 radical (unpaired) electrons. The SMILES string of the molecule is CC1CCc2c(ccc3c2nc(Cc2ccccc2)n3CCO)N1C(=O)O. The first-order valence-corrected chi connectivity index (χ1v) is 9.28. The lowest BCUT2D eigenvalue weighted by Crippen LogP contribution is -2.41.